The summed E-state index contributed by atoms with van der Waals surface area (Å²) in [5.41, 5.74) is 2.21. The predicted octanol–water partition coefficient (Wildman–Crippen LogP) is 3.13. The molecular formula is C25H23N3O5. The summed E-state index contributed by atoms with van der Waals surface area (Å²) in [6.45, 7) is -0.466. The molecule has 0 saturated carbocycles. The summed E-state index contributed by atoms with van der Waals surface area (Å²) in [5.74, 6) is -1.03. The van der Waals surface area contributed by atoms with Crippen molar-refractivity contribution < 1.29 is 23.9 Å². The number of carbonyl (C=O) groups excluding carboxylic acids is 3. The van der Waals surface area contributed by atoms with Crippen molar-refractivity contribution in [1.29, 1.82) is 0 Å². The highest BCUT2D eigenvalue weighted by Gasteiger charge is 2.33. The topological polar surface area (TPSA) is 97.0 Å². The number of rotatable bonds is 6. The van der Waals surface area contributed by atoms with Crippen LogP contribution in [0.3, 0.4) is 0 Å². The standard InChI is InChI=1S/C25H23N3O5/c1-26-24(30)22-15-28(20-13-7-8-14-21(20)33-22)23(29)16-32-25(31)18-11-5-6-12-19(18)27-17-9-3-2-4-10-17/h2-14,22,27H,15-16H2,1H3,(H,26,30). The number of nitrogens with one attached hydrogen (secondary N) is 2. The lowest BCUT2D eigenvalue weighted by molar-refractivity contribution is -0.128. The molecule has 0 radical (unpaired) electrons. The van der Waals surface area contributed by atoms with Gasteiger partial charge in [0.2, 0.25) is 0 Å². The van der Waals surface area contributed by atoms with Crippen molar-refractivity contribution in [2.75, 3.05) is 30.4 Å². The van der Waals surface area contributed by atoms with E-state index in [1.54, 1.807) is 48.5 Å². The minimum atomic E-state index is -0.861. The first kappa shape index (κ1) is 21.9. The van der Waals surface area contributed by atoms with Gasteiger partial charge in [0.05, 0.1) is 23.5 Å². The largest absolute Gasteiger partial charge is 0.477 e. The molecule has 1 unspecified atom stereocenters. The van der Waals surface area contributed by atoms with Gasteiger partial charge in [-0.1, -0.05) is 42.5 Å². The van der Waals surface area contributed by atoms with Crippen molar-refractivity contribution >= 4 is 34.8 Å². The molecule has 1 aliphatic heterocycles. The molecule has 0 spiro atoms. The van der Waals surface area contributed by atoms with Gasteiger partial charge in [-0.15, -0.1) is 0 Å². The molecule has 4 rings (SSSR count). The van der Waals surface area contributed by atoms with Gasteiger partial charge >= 0.3 is 5.97 Å². The van der Waals surface area contributed by atoms with Crippen LogP contribution in [-0.4, -0.2) is 44.1 Å². The van der Waals surface area contributed by atoms with Gasteiger partial charge < -0.3 is 25.0 Å². The van der Waals surface area contributed by atoms with E-state index in [1.165, 1.54) is 11.9 Å². The summed E-state index contributed by atoms with van der Waals surface area (Å²) >= 11 is 0. The van der Waals surface area contributed by atoms with Crippen LogP contribution in [0.15, 0.2) is 78.9 Å². The highest BCUT2D eigenvalue weighted by atomic mass is 16.5. The van der Waals surface area contributed by atoms with Crippen LogP contribution in [-0.2, 0) is 14.3 Å². The highest BCUT2D eigenvalue weighted by Crippen LogP contribution is 2.33. The first-order valence-electron chi connectivity index (χ1n) is 10.4. The van der Waals surface area contributed by atoms with E-state index in [2.05, 4.69) is 10.6 Å². The van der Waals surface area contributed by atoms with E-state index in [9.17, 15) is 14.4 Å². The third-order valence-corrected chi connectivity index (χ3v) is 5.14. The van der Waals surface area contributed by atoms with Crippen LogP contribution < -0.4 is 20.3 Å². The summed E-state index contributed by atoms with van der Waals surface area (Å²) < 4.78 is 11.1. The summed E-state index contributed by atoms with van der Waals surface area (Å²) in [7, 11) is 1.50. The van der Waals surface area contributed by atoms with Gasteiger partial charge in [0.15, 0.2) is 12.7 Å². The fraction of sp³-hybridized carbons (Fsp3) is 0.160. The number of para-hydroxylation sites is 4. The minimum Gasteiger partial charge on any atom is -0.477 e. The van der Waals surface area contributed by atoms with Crippen LogP contribution in [0.2, 0.25) is 0 Å². The first-order valence-corrected chi connectivity index (χ1v) is 10.4. The maximum Gasteiger partial charge on any atom is 0.340 e. The van der Waals surface area contributed by atoms with Crippen LogP contribution in [0.4, 0.5) is 17.1 Å². The molecule has 1 heterocycles. The molecule has 2 amide bonds. The van der Waals surface area contributed by atoms with Crippen LogP contribution in [0.5, 0.6) is 5.75 Å². The molecule has 1 atom stereocenters. The van der Waals surface area contributed by atoms with Crippen LogP contribution >= 0.6 is 0 Å². The van der Waals surface area contributed by atoms with E-state index >= 15 is 0 Å². The zero-order valence-corrected chi connectivity index (χ0v) is 18.0. The second-order valence-electron chi connectivity index (χ2n) is 7.31. The summed E-state index contributed by atoms with van der Waals surface area (Å²) in [5, 5.41) is 5.71. The Morgan fingerprint density at radius 1 is 0.970 bits per heavy atom. The molecule has 0 fully saturated rings. The van der Waals surface area contributed by atoms with Crippen molar-refractivity contribution in [3.05, 3.63) is 84.4 Å². The first-order chi connectivity index (χ1) is 16.1. The molecule has 3 aromatic rings. The Morgan fingerprint density at radius 2 is 1.67 bits per heavy atom. The van der Waals surface area contributed by atoms with Crippen molar-refractivity contribution in [1.82, 2.24) is 5.32 Å². The third kappa shape index (κ3) is 4.95. The fourth-order valence-corrected chi connectivity index (χ4v) is 3.50. The van der Waals surface area contributed by atoms with E-state index < -0.39 is 24.6 Å². The quantitative estimate of drug-likeness (QED) is 0.566. The van der Waals surface area contributed by atoms with Crippen LogP contribution in [0, 0.1) is 0 Å². The minimum absolute atomic E-state index is 0.0131. The molecule has 8 nitrogen and oxygen atoms in total. The zero-order chi connectivity index (χ0) is 23.2. The number of anilines is 3. The Bertz CT molecular complexity index is 1170. The van der Waals surface area contributed by atoms with Gasteiger partial charge in [0.25, 0.3) is 11.8 Å². The number of esters is 1. The summed E-state index contributed by atoms with van der Waals surface area (Å²) in [6, 6.07) is 23.3. The van der Waals surface area contributed by atoms with Gasteiger partial charge in [-0.25, -0.2) is 4.79 Å². The molecule has 8 heteroatoms. The van der Waals surface area contributed by atoms with Gasteiger partial charge in [-0.3, -0.25) is 9.59 Å². The Labute approximate surface area is 191 Å². The van der Waals surface area contributed by atoms with Crippen LogP contribution in [0.1, 0.15) is 10.4 Å². The molecule has 2 N–H and O–H groups in total. The molecule has 0 saturated heterocycles. The zero-order valence-electron chi connectivity index (χ0n) is 18.0. The Morgan fingerprint density at radius 3 is 2.45 bits per heavy atom. The second-order valence-corrected chi connectivity index (χ2v) is 7.31. The number of hydrogen-bond acceptors (Lipinski definition) is 6. The lowest BCUT2D eigenvalue weighted by Gasteiger charge is -2.33. The number of amides is 2. The number of fused-ring (bicyclic) bond motifs is 1. The van der Waals surface area contributed by atoms with E-state index in [-0.39, 0.29) is 12.5 Å². The SMILES string of the molecule is CNC(=O)C1CN(C(=O)COC(=O)c2ccccc2Nc2ccccc2)c2ccccc2O1. The number of ether oxygens (including phenoxy) is 2. The average Bonchev–Trinajstić information content (AvgIpc) is 2.86. The number of carbonyl (C=O) groups is 3. The molecule has 3 aromatic carbocycles. The lowest BCUT2D eigenvalue weighted by atomic mass is 10.1. The van der Waals surface area contributed by atoms with E-state index in [0.717, 1.165) is 5.69 Å². The Kier molecular flexibility index (Phi) is 6.54. The van der Waals surface area contributed by atoms with Gasteiger partial charge in [0.1, 0.15) is 5.75 Å². The summed E-state index contributed by atoms with van der Waals surface area (Å²) in [6.07, 6.45) is -0.861. The number of hydrogen-bond donors (Lipinski definition) is 2. The van der Waals surface area contributed by atoms with Crippen molar-refractivity contribution in [3.8, 4) is 5.75 Å². The normalized spacial score (nSPS) is 14.5. The fourth-order valence-electron chi connectivity index (χ4n) is 3.50. The lowest BCUT2D eigenvalue weighted by Crippen LogP contribution is -2.51. The summed E-state index contributed by atoms with van der Waals surface area (Å²) in [4.78, 5) is 39.3. The molecule has 0 aliphatic carbocycles. The molecule has 33 heavy (non-hydrogen) atoms. The molecule has 0 bridgehead atoms. The maximum absolute atomic E-state index is 13.0. The Balaban J connectivity index is 1.47. The predicted molar refractivity (Wildman–Crippen MR) is 124 cm³/mol. The van der Waals surface area contributed by atoms with Gasteiger partial charge in [-0.05, 0) is 36.4 Å². The van der Waals surface area contributed by atoms with Crippen LogP contribution in [0.25, 0.3) is 0 Å². The molecule has 1 aliphatic rings. The number of nitrogens with zero attached hydrogens (tertiary/aromatic N) is 1. The van der Waals surface area contributed by atoms with Gasteiger partial charge in [-0.2, -0.15) is 0 Å². The van der Waals surface area contributed by atoms with Crippen molar-refractivity contribution in [2.24, 2.45) is 0 Å². The monoisotopic (exact) mass is 445 g/mol. The molecular weight excluding hydrogens is 422 g/mol. The van der Waals surface area contributed by atoms with Crippen molar-refractivity contribution in [3.63, 3.8) is 0 Å². The highest BCUT2D eigenvalue weighted by molar-refractivity contribution is 6.01. The molecule has 168 valence electrons. The van der Waals surface area contributed by atoms with E-state index in [0.29, 0.717) is 22.7 Å². The Hall–Kier alpha value is -4.33. The van der Waals surface area contributed by atoms with E-state index in [1.807, 2.05) is 30.3 Å². The van der Waals surface area contributed by atoms with E-state index in [4.69, 9.17) is 9.47 Å². The number of likely N-dealkylation sites (N-methyl/N-ethyl adjacent to an activating group) is 1. The number of benzene rings is 3. The average molecular weight is 445 g/mol. The maximum atomic E-state index is 13.0. The second kappa shape index (κ2) is 9.86. The smallest absolute Gasteiger partial charge is 0.340 e. The third-order valence-electron chi connectivity index (χ3n) is 5.14. The van der Waals surface area contributed by atoms with Crippen molar-refractivity contribution in [2.45, 2.75) is 6.10 Å². The van der Waals surface area contributed by atoms with Gasteiger partial charge in [0, 0.05) is 12.7 Å². The molecule has 0 aromatic heterocycles.